The van der Waals surface area contributed by atoms with Gasteiger partial charge in [-0.15, -0.1) is 0 Å². The molecule has 0 spiro atoms. The predicted octanol–water partition coefficient (Wildman–Crippen LogP) is 5.33. The highest BCUT2D eigenvalue weighted by Gasteiger charge is 2.32. The van der Waals surface area contributed by atoms with E-state index in [-0.39, 0.29) is 5.97 Å². The lowest BCUT2D eigenvalue weighted by atomic mass is 9.73. The van der Waals surface area contributed by atoms with Crippen molar-refractivity contribution in [3.05, 3.63) is 23.3 Å². The second-order valence-corrected chi connectivity index (χ2v) is 9.53. The smallest absolute Gasteiger partial charge is 0.302 e. The van der Waals surface area contributed by atoms with Gasteiger partial charge in [-0.2, -0.15) is 0 Å². The molecule has 154 valence electrons. The van der Waals surface area contributed by atoms with Crippen molar-refractivity contribution >= 4 is 5.97 Å². The van der Waals surface area contributed by atoms with Crippen LogP contribution in [0.4, 0.5) is 0 Å². The number of nitrogens with zero attached hydrogens (tertiary/aromatic N) is 1. The molecule has 0 aromatic rings. The van der Waals surface area contributed by atoms with E-state index in [1.54, 1.807) is 0 Å². The summed E-state index contributed by atoms with van der Waals surface area (Å²) in [4.78, 5) is 13.8. The molecular weight excluding hydrogens is 334 g/mol. The molecule has 0 fully saturated rings. The number of rotatable bonds is 7. The molecule has 27 heavy (non-hydrogen) atoms. The van der Waals surface area contributed by atoms with E-state index in [2.05, 4.69) is 58.6 Å². The summed E-state index contributed by atoms with van der Waals surface area (Å²) in [5, 5.41) is 0. The molecule has 0 unspecified atom stereocenters. The maximum atomic E-state index is 11.2. The van der Waals surface area contributed by atoms with Crippen LogP contribution in [0.1, 0.15) is 61.3 Å². The number of carbonyl (C=O) groups is 1. The molecule has 0 bridgehead atoms. The number of hydrogen-bond acceptors (Lipinski definition) is 3. The summed E-state index contributed by atoms with van der Waals surface area (Å²) in [6.45, 7) is 19.1. The Bertz CT molecular complexity index is 525. The maximum absolute atomic E-state index is 11.2. The van der Waals surface area contributed by atoms with Gasteiger partial charge in [-0.05, 0) is 62.2 Å². The third-order valence-electron chi connectivity index (χ3n) is 6.85. The van der Waals surface area contributed by atoms with Crippen LogP contribution in [0, 0.1) is 35.5 Å². The number of hydrogen-bond donors (Lipinski definition) is 0. The highest BCUT2D eigenvalue weighted by atomic mass is 16.5. The van der Waals surface area contributed by atoms with Gasteiger partial charge in [-0.25, -0.2) is 0 Å². The minimum absolute atomic E-state index is 0.175. The van der Waals surface area contributed by atoms with Crippen molar-refractivity contribution in [1.82, 2.24) is 4.90 Å². The van der Waals surface area contributed by atoms with Crippen molar-refractivity contribution in [3.8, 4) is 0 Å². The SMILES string of the molecule is CC(=O)OCCN(C[C@H]1[C@H](C)CC(C)=C[C@@H]1C)C[C@H]1[C@@H](C)C=C(C)C[C@@H]1C. The van der Waals surface area contributed by atoms with Gasteiger partial charge in [0.25, 0.3) is 0 Å². The van der Waals surface area contributed by atoms with Gasteiger partial charge in [0.2, 0.25) is 0 Å². The Morgan fingerprint density at radius 3 is 1.78 bits per heavy atom. The zero-order valence-electron chi connectivity index (χ0n) is 18.6. The van der Waals surface area contributed by atoms with Crippen LogP contribution in [0.3, 0.4) is 0 Å². The molecule has 0 saturated carbocycles. The average Bonchev–Trinajstić information content (AvgIpc) is 2.53. The molecular formula is C24H41NO2. The second kappa shape index (κ2) is 9.91. The zero-order valence-corrected chi connectivity index (χ0v) is 18.6. The van der Waals surface area contributed by atoms with Crippen molar-refractivity contribution in [2.75, 3.05) is 26.2 Å². The molecule has 0 aromatic heterocycles. The third-order valence-corrected chi connectivity index (χ3v) is 6.85. The molecule has 2 rings (SSSR count). The van der Waals surface area contributed by atoms with E-state index in [1.165, 1.54) is 30.9 Å². The van der Waals surface area contributed by atoms with Gasteiger partial charge < -0.3 is 4.74 Å². The lowest BCUT2D eigenvalue weighted by molar-refractivity contribution is -0.141. The molecule has 0 N–H and O–H groups in total. The first-order chi connectivity index (χ1) is 12.7. The first kappa shape index (κ1) is 22.2. The maximum Gasteiger partial charge on any atom is 0.302 e. The van der Waals surface area contributed by atoms with Gasteiger partial charge in [0.15, 0.2) is 0 Å². The van der Waals surface area contributed by atoms with Crippen molar-refractivity contribution in [2.24, 2.45) is 35.5 Å². The fraction of sp³-hybridized carbons (Fsp3) is 0.792. The molecule has 0 saturated heterocycles. The number of carbonyl (C=O) groups excluding carboxylic acids is 1. The summed E-state index contributed by atoms with van der Waals surface area (Å²) in [5.41, 5.74) is 3.07. The van der Waals surface area contributed by atoms with E-state index in [0.29, 0.717) is 42.1 Å². The van der Waals surface area contributed by atoms with E-state index < -0.39 is 0 Å². The van der Waals surface area contributed by atoms with Crippen LogP contribution in [-0.2, 0) is 9.53 Å². The lowest BCUT2D eigenvalue weighted by Gasteiger charge is -2.41. The summed E-state index contributed by atoms with van der Waals surface area (Å²) < 4.78 is 5.29. The Labute approximate surface area is 167 Å². The molecule has 0 radical (unpaired) electrons. The van der Waals surface area contributed by atoms with Crippen molar-refractivity contribution in [3.63, 3.8) is 0 Å². The third kappa shape index (κ3) is 6.48. The standard InChI is InChI=1S/C24H41NO2/c1-16-10-18(3)23(19(4)11-16)14-25(8-9-27-22(7)26)15-24-20(5)12-17(2)13-21(24)6/h10,12,18-21,23-24H,8-9,11,13-15H2,1-7H3/t18-,19-,20-,21+,23-,24+/m0/s1. The molecule has 3 heteroatoms. The van der Waals surface area contributed by atoms with Gasteiger partial charge in [0, 0.05) is 26.6 Å². The molecule has 0 aromatic carbocycles. The molecule has 2 aliphatic carbocycles. The van der Waals surface area contributed by atoms with E-state index >= 15 is 0 Å². The van der Waals surface area contributed by atoms with Crippen LogP contribution in [0.5, 0.6) is 0 Å². The first-order valence-corrected chi connectivity index (χ1v) is 10.9. The summed E-state index contributed by atoms with van der Waals surface area (Å²) in [6, 6.07) is 0. The highest BCUT2D eigenvalue weighted by Crippen LogP contribution is 2.36. The molecule has 6 atom stereocenters. The van der Waals surface area contributed by atoms with E-state index in [9.17, 15) is 4.79 Å². The monoisotopic (exact) mass is 375 g/mol. The Morgan fingerprint density at radius 2 is 1.41 bits per heavy atom. The van der Waals surface area contributed by atoms with Gasteiger partial charge in [0.05, 0.1) is 0 Å². The van der Waals surface area contributed by atoms with Crippen molar-refractivity contribution < 1.29 is 9.53 Å². The summed E-state index contributed by atoms with van der Waals surface area (Å²) >= 11 is 0. The Morgan fingerprint density at radius 1 is 0.963 bits per heavy atom. The van der Waals surface area contributed by atoms with E-state index in [0.717, 1.165) is 19.6 Å². The normalized spacial score (nSPS) is 34.2. The molecule has 0 heterocycles. The van der Waals surface area contributed by atoms with Gasteiger partial charge >= 0.3 is 5.97 Å². The van der Waals surface area contributed by atoms with Crippen LogP contribution >= 0.6 is 0 Å². The first-order valence-electron chi connectivity index (χ1n) is 10.9. The molecule has 3 nitrogen and oxygen atoms in total. The molecule has 2 aliphatic rings. The van der Waals surface area contributed by atoms with Crippen LogP contribution in [0.2, 0.25) is 0 Å². The van der Waals surface area contributed by atoms with E-state index in [1.807, 2.05) is 0 Å². The average molecular weight is 376 g/mol. The summed E-state index contributed by atoms with van der Waals surface area (Å²) in [6.07, 6.45) is 7.36. The molecule has 0 amide bonds. The fourth-order valence-corrected chi connectivity index (χ4v) is 5.50. The van der Waals surface area contributed by atoms with Gasteiger partial charge in [-0.1, -0.05) is 51.0 Å². The topological polar surface area (TPSA) is 29.5 Å². The largest absolute Gasteiger partial charge is 0.465 e. The van der Waals surface area contributed by atoms with Crippen LogP contribution in [0.25, 0.3) is 0 Å². The lowest BCUT2D eigenvalue weighted by Crippen LogP contribution is -2.43. The summed E-state index contributed by atoms with van der Waals surface area (Å²) in [5.74, 6) is 3.84. The van der Waals surface area contributed by atoms with Gasteiger partial charge in [-0.3, -0.25) is 9.69 Å². The number of allylic oxidation sites excluding steroid dienone is 4. The predicted molar refractivity (Wildman–Crippen MR) is 113 cm³/mol. The number of esters is 1. The van der Waals surface area contributed by atoms with Crippen LogP contribution in [0.15, 0.2) is 23.3 Å². The Kier molecular flexibility index (Phi) is 8.15. The van der Waals surface area contributed by atoms with E-state index in [4.69, 9.17) is 4.74 Å². The quantitative estimate of drug-likeness (QED) is 0.445. The Balaban J connectivity index is 2.07. The summed E-state index contributed by atoms with van der Waals surface area (Å²) in [7, 11) is 0. The fourth-order valence-electron chi connectivity index (χ4n) is 5.50. The van der Waals surface area contributed by atoms with Crippen molar-refractivity contribution in [1.29, 1.82) is 0 Å². The second-order valence-electron chi connectivity index (χ2n) is 9.53. The minimum atomic E-state index is -0.175. The van der Waals surface area contributed by atoms with Gasteiger partial charge in [0.1, 0.15) is 6.61 Å². The van der Waals surface area contributed by atoms with Crippen LogP contribution in [-0.4, -0.2) is 37.1 Å². The van der Waals surface area contributed by atoms with Crippen molar-refractivity contribution in [2.45, 2.75) is 61.3 Å². The molecule has 0 aliphatic heterocycles. The Hall–Kier alpha value is -1.09. The zero-order chi connectivity index (χ0) is 20.1. The highest BCUT2D eigenvalue weighted by molar-refractivity contribution is 5.65. The minimum Gasteiger partial charge on any atom is -0.465 e. The van der Waals surface area contributed by atoms with Crippen LogP contribution < -0.4 is 0 Å². The number of ether oxygens (including phenoxy) is 1.